The molecular formula is C29H45NO3. The van der Waals surface area contributed by atoms with Gasteiger partial charge in [0.2, 0.25) is 0 Å². The van der Waals surface area contributed by atoms with E-state index in [1.54, 1.807) is 0 Å². The van der Waals surface area contributed by atoms with E-state index in [9.17, 15) is 4.79 Å². The zero-order valence-corrected chi connectivity index (χ0v) is 21.6. The number of hydrogen-bond acceptors (Lipinski definition) is 4. The van der Waals surface area contributed by atoms with Gasteiger partial charge in [-0.15, -0.1) is 0 Å². The van der Waals surface area contributed by atoms with Crippen LogP contribution in [0.4, 0.5) is 0 Å². The summed E-state index contributed by atoms with van der Waals surface area (Å²) in [5.41, 5.74) is 0.738. The first kappa shape index (κ1) is 21.8. The summed E-state index contributed by atoms with van der Waals surface area (Å²) in [4.78, 5) is 17.1. The predicted molar refractivity (Wildman–Crippen MR) is 128 cm³/mol. The topological polar surface area (TPSA) is 38.8 Å². The van der Waals surface area contributed by atoms with Crippen molar-refractivity contribution in [3.8, 4) is 0 Å². The monoisotopic (exact) mass is 455 g/mol. The van der Waals surface area contributed by atoms with Crippen molar-refractivity contribution in [2.75, 3.05) is 6.61 Å². The van der Waals surface area contributed by atoms with Gasteiger partial charge in [-0.2, -0.15) is 0 Å². The fraction of sp³-hybridized carbons (Fsp3) is 0.966. The molecule has 0 aromatic rings. The van der Waals surface area contributed by atoms with E-state index in [1.807, 2.05) is 6.92 Å². The molecule has 0 amide bonds. The highest BCUT2D eigenvalue weighted by Gasteiger charge is 2.84. The normalized spacial score (nSPS) is 58.4. The van der Waals surface area contributed by atoms with Crippen LogP contribution in [0.25, 0.3) is 0 Å². The van der Waals surface area contributed by atoms with E-state index in [-0.39, 0.29) is 6.10 Å². The molecule has 7 fully saturated rings. The van der Waals surface area contributed by atoms with E-state index >= 15 is 0 Å². The van der Waals surface area contributed by atoms with Gasteiger partial charge in [-0.05, 0) is 93.8 Å². The Kier molecular flexibility index (Phi) is 4.26. The van der Waals surface area contributed by atoms with Gasteiger partial charge in [0, 0.05) is 30.5 Å². The zero-order chi connectivity index (χ0) is 23.0. The Morgan fingerprint density at radius 1 is 1.03 bits per heavy atom. The molecule has 5 saturated heterocycles. The third-order valence-corrected chi connectivity index (χ3v) is 13.0. The van der Waals surface area contributed by atoms with E-state index < -0.39 is 11.2 Å². The van der Waals surface area contributed by atoms with Crippen LogP contribution < -0.4 is 0 Å². The number of carbonyl (C=O) groups is 1. The first-order chi connectivity index (χ1) is 15.6. The van der Waals surface area contributed by atoms with Crippen molar-refractivity contribution in [1.29, 1.82) is 0 Å². The van der Waals surface area contributed by atoms with Gasteiger partial charge < -0.3 is 9.47 Å². The fourth-order valence-electron chi connectivity index (χ4n) is 11.5. The molecule has 6 bridgehead atoms. The lowest BCUT2D eigenvalue weighted by molar-refractivity contribution is -0.282. The molecule has 0 aromatic heterocycles. The first-order valence-corrected chi connectivity index (χ1v) is 14.2. The number of piperidine rings is 1. The highest BCUT2D eigenvalue weighted by molar-refractivity contribution is 5.85. The number of nitrogens with zero attached hydrogens (tertiary/aromatic N) is 1. The van der Waals surface area contributed by atoms with Crippen molar-refractivity contribution in [2.45, 2.75) is 135 Å². The van der Waals surface area contributed by atoms with Gasteiger partial charge in [0.05, 0.1) is 18.1 Å². The predicted octanol–water partition coefficient (Wildman–Crippen LogP) is 5.73. The van der Waals surface area contributed by atoms with Crippen LogP contribution in [0.5, 0.6) is 0 Å². The Bertz CT molecular complexity index is 888. The summed E-state index contributed by atoms with van der Waals surface area (Å²) in [7, 11) is 0. The van der Waals surface area contributed by atoms with Crippen molar-refractivity contribution in [3.05, 3.63) is 0 Å². The first-order valence-electron chi connectivity index (χ1n) is 14.2. The van der Waals surface area contributed by atoms with Crippen molar-refractivity contribution in [3.63, 3.8) is 0 Å². The van der Waals surface area contributed by atoms with Gasteiger partial charge in [-0.1, -0.05) is 27.2 Å². The van der Waals surface area contributed by atoms with Crippen LogP contribution in [-0.2, 0) is 14.3 Å². The summed E-state index contributed by atoms with van der Waals surface area (Å²) < 4.78 is 12.4. The van der Waals surface area contributed by atoms with Crippen molar-refractivity contribution in [2.24, 2.45) is 34.0 Å². The molecule has 0 radical (unpaired) electrons. The maximum atomic E-state index is 14.0. The molecule has 7 rings (SSSR count). The van der Waals surface area contributed by atoms with Gasteiger partial charge in [-0.3, -0.25) is 9.69 Å². The molecule has 2 saturated carbocycles. The standard InChI is InChI=1S/C29H45NO3/c1-18(2)19-8-13-26(4)21-9-15-28-12-6-7-20(28)29(26,24(19)30(21)28)16-10-22(31)25(3)17-32-27(5)14-11-23(25)33-27/h18-21,23-24H,6-17H2,1-5H3/t19-,20-,21+,23+,24+,25+,26+,27-,28-,29+/m0/s1. The van der Waals surface area contributed by atoms with Gasteiger partial charge in [-0.25, -0.2) is 0 Å². The smallest absolute Gasteiger partial charge is 0.166 e. The Hall–Kier alpha value is -0.450. The summed E-state index contributed by atoms with van der Waals surface area (Å²) in [5, 5.41) is 0. The molecule has 7 aliphatic rings. The van der Waals surface area contributed by atoms with Crippen molar-refractivity contribution < 1.29 is 14.3 Å². The maximum absolute atomic E-state index is 14.0. The lowest BCUT2D eigenvalue weighted by atomic mass is 9.46. The average molecular weight is 456 g/mol. The van der Waals surface area contributed by atoms with E-state index in [2.05, 4.69) is 32.6 Å². The lowest BCUT2D eigenvalue weighted by Crippen LogP contribution is -2.57. The van der Waals surface area contributed by atoms with Gasteiger partial charge in [0.15, 0.2) is 5.79 Å². The van der Waals surface area contributed by atoms with Crippen LogP contribution in [0.2, 0.25) is 0 Å². The average Bonchev–Trinajstić information content (AvgIpc) is 3.51. The summed E-state index contributed by atoms with van der Waals surface area (Å²) in [6.45, 7) is 12.3. The second-order valence-corrected chi connectivity index (χ2v) is 14.3. The van der Waals surface area contributed by atoms with Crippen LogP contribution in [0.15, 0.2) is 0 Å². The van der Waals surface area contributed by atoms with Crippen LogP contribution in [-0.4, -0.2) is 46.8 Å². The highest BCUT2D eigenvalue weighted by Crippen LogP contribution is 2.82. The number of hydrogen-bond donors (Lipinski definition) is 0. The van der Waals surface area contributed by atoms with Gasteiger partial charge in [0.25, 0.3) is 0 Å². The Balaban J connectivity index is 1.24. The second kappa shape index (κ2) is 6.45. The van der Waals surface area contributed by atoms with E-state index in [4.69, 9.17) is 9.47 Å². The molecule has 5 aliphatic heterocycles. The Morgan fingerprint density at radius 2 is 1.85 bits per heavy atom. The summed E-state index contributed by atoms with van der Waals surface area (Å²) >= 11 is 0. The quantitative estimate of drug-likeness (QED) is 0.531. The minimum atomic E-state index is -0.469. The van der Waals surface area contributed by atoms with Crippen LogP contribution in [0.1, 0.15) is 105 Å². The van der Waals surface area contributed by atoms with Gasteiger partial charge in [0.1, 0.15) is 5.78 Å². The van der Waals surface area contributed by atoms with Crippen molar-refractivity contribution >= 4 is 5.78 Å². The number of Topliss-reactive ketones (excluding diaryl/α,β-unsaturated/α-hetero) is 1. The summed E-state index contributed by atoms with van der Waals surface area (Å²) in [5.74, 6) is 2.31. The highest BCUT2D eigenvalue weighted by atomic mass is 16.7. The Labute approximate surface area is 200 Å². The number of rotatable bonds is 5. The molecule has 184 valence electrons. The largest absolute Gasteiger partial charge is 0.349 e. The zero-order valence-electron chi connectivity index (χ0n) is 21.6. The third kappa shape index (κ3) is 2.30. The molecule has 1 spiro atoms. The molecule has 0 aromatic carbocycles. The number of fused-ring (bicyclic) bond motifs is 3. The van der Waals surface area contributed by atoms with Crippen LogP contribution in [0, 0.1) is 34.0 Å². The lowest BCUT2D eigenvalue weighted by Gasteiger charge is -2.57. The third-order valence-electron chi connectivity index (χ3n) is 13.0. The Morgan fingerprint density at radius 3 is 2.64 bits per heavy atom. The minimum absolute atomic E-state index is 0.0393. The molecule has 5 heterocycles. The molecule has 0 N–H and O–H groups in total. The molecule has 4 heteroatoms. The summed E-state index contributed by atoms with van der Waals surface area (Å²) in [6.07, 6.45) is 13.6. The van der Waals surface area contributed by atoms with Crippen molar-refractivity contribution in [1.82, 2.24) is 4.90 Å². The fourth-order valence-corrected chi connectivity index (χ4v) is 11.5. The van der Waals surface area contributed by atoms with E-state index in [0.29, 0.717) is 34.8 Å². The van der Waals surface area contributed by atoms with Crippen LogP contribution in [0.3, 0.4) is 0 Å². The number of ether oxygens (including phenoxy) is 2. The SMILES string of the molecule is CC(C)[C@@H]1CC[C@]2(C)[C@H]3CC[C@@]45CCC[C@@H]4[C@]2(CCC(=O)[C@@]2(C)CO[C@]4(C)CC[C@H]2O4)[C@@H]1N35. The van der Waals surface area contributed by atoms with E-state index in [1.165, 1.54) is 44.9 Å². The van der Waals surface area contributed by atoms with Gasteiger partial charge >= 0.3 is 0 Å². The van der Waals surface area contributed by atoms with Crippen LogP contribution >= 0.6 is 0 Å². The summed E-state index contributed by atoms with van der Waals surface area (Å²) in [6, 6.07) is 1.48. The molecule has 4 nitrogen and oxygen atoms in total. The number of ketones is 1. The molecule has 0 unspecified atom stereocenters. The molecule has 33 heavy (non-hydrogen) atoms. The minimum Gasteiger partial charge on any atom is -0.349 e. The molecule has 10 atom stereocenters. The molecular weight excluding hydrogens is 410 g/mol. The maximum Gasteiger partial charge on any atom is 0.166 e. The number of carbonyl (C=O) groups excluding carboxylic acids is 1. The molecule has 2 aliphatic carbocycles. The van der Waals surface area contributed by atoms with E-state index in [0.717, 1.165) is 49.5 Å². The second-order valence-electron chi connectivity index (χ2n) is 14.3.